The molecule has 2 aromatic carbocycles. The molecule has 1 fully saturated rings. The fourth-order valence-corrected chi connectivity index (χ4v) is 6.31. The first-order valence-corrected chi connectivity index (χ1v) is 13.4. The molecule has 1 aliphatic carbocycles. The van der Waals surface area contributed by atoms with Gasteiger partial charge in [-0.25, -0.2) is 13.1 Å². The summed E-state index contributed by atoms with van der Waals surface area (Å²) in [5, 5.41) is 3.03. The molecule has 2 amide bonds. The Balaban J connectivity index is 1.31. The number of aryl methyl sites for hydroxylation is 1. The van der Waals surface area contributed by atoms with Gasteiger partial charge in [-0.15, -0.1) is 0 Å². The van der Waals surface area contributed by atoms with Crippen molar-refractivity contribution in [3.8, 4) is 0 Å². The van der Waals surface area contributed by atoms with Crippen LogP contribution in [0.4, 0.5) is 11.4 Å². The van der Waals surface area contributed by atoms with Gasteiger partial charge in [0.1, 0.15) is 0 Å². The average molecular weight is 484 g/mol. The van der Waals surface area contributed by atoms with E-state index < -0.39 is 10.0 Å². The lowest BCUT2D eigenvalue weighted by molar-refractivity contribution is -0.121. The van der Waals surface area contributed by atoms with E-state index in [0.29, 0.717) is 13.0 Å². The summed E-state index contributed by atoms with van der Waals surface area (Å²) >= 11 is 0. The number of nitrogens with zero attached hydrogens (tertiary/aromatic N) is 1. The zero-order valence-corrected chi connectivity index (χ0v) is 20.8. The maximum absolute atomic E-state index is 12.9. The van der Waals surface area contributed by atoms with Crippen LogP contribution in [0.15, 0.2) is 47.4 Å². The van der Waals surface area contributed by atoms with Crippen LogP contribution in [0.3, 0.4) is 0 Å². The summed E-state index contributed by atoms with van der Waals surface area (Å²) in [5.41, 5.74) is 3.55. The van der Waals surface area contributed by atoms with Crippen LogP contribution >= 0.6 is 0 Å². The van der Waals surface area contributed by atoms with Gasteiger partial charge in [0.15, 0.2) is 0 Å². The number of carbonyl (C=O) groups excluding carboxylic acids is 2. The SMILES string of the molecule is CC(=O)N1c2ccc(S(=O)(=O)NCC3CCC(C(=O)Nc4ccccc4C)CC3)cc2CC1C. The number of anilines is 2. The monoisotopic (exact) mass is 483 g/mol. The van der Waals surface area contributed by atoms with Gasteiger partial charge >= 0.3 is 0 Å². The Labute approximate surface area is 202 Å². The molecule has 7 nitrogen and oxygen atoms in total. The molecule has 2 aromatic rings. The van der Waals surface area contributed by atoms with E-state index in [2.05, 4.69) is 10.0 Å². The number of hydrogen-bond donors (Lipinski definition) is 2. The van der Waals surface area contributed by atoms with Gasteiger partial charge in [-0.2, -0.15) is 0 Å². The number of nitrogens with one attached hydrogen (secondary N) is 2. The minimum absolute atomic E-state index is 0.0246. The predicted molar refractivity (Wildman–Crippen MR) is 133 cm³/mol. The number of hydrogen-bond acceptors (Lipinski definition) is 4. The summed E-state index contributed by atoms with van der Waals surface area (Å²) in [7, 11) is -3.64. The Bertz CT molecular complexity index is 1190. The molecule has 2 N–H and O–H groups in total. The van der Waals surface area contributed by atoms with E-state index in [1.54, 1.807) is 23.1 Å². The van der Waals surface area contributed by atoms with Crippen LogP contribution in [0.5, 0.6) is 0 Å². The van der Waals surface area contributed by atoms with Crippen LogP contribution in [-0.2, 0) is 26.0 Å². The van der Waals surface area contributed by atoms with Gasteiger partial charge in [0.2, 0.25) is 21.8 Å². The lowest BCUT2D eigenvalue weighted by atomic mass is 9.81. The maximum atomic E-state index is 12.9. The number of fused-ring (bicyclic) bond motifs is 1. The molecule has 2 aliphatic rings. The Morgan fingerprint density at radius 3 is 2.44 bits per heavy atom. The third kappa shape index (κ3) is 5.18. The Kier molecular flexibility index (Phi) is 7.09. The predicted octanol–water partition coefficient (Wildman–Crippen LogP) is 4.02. The number of rotatable bonds is 6. The quantitative estimate of drug-likeness (QED) is 0.649. The summed E-state index contributed by atoms with van der Waals surface area (Å²) in [5.74, 6) is 0.166. The van der Waals surface area contributed by atoms with E-state index in [4.69, 9.17) is 0 Å². The van der Waals surface area contributed by atoms with E-state index in [0.717, 1.165) is 48.2 Å². The van der Waals surface area contributed by atoms with Crippen molar-refractivity contribution in [2.75, 3.05) is 16.8 Å². The van der Waals surface area contributed by atoms with Gasteiger partial charge in [0, 0.05) is 36.8 Å². The highest BCUT2D eigenvalue weighted by Gasteiger charge is 2.31. The number of carbonyl (C=O) groups is 2. The summed E-state index contributed by atoms with van der Waals surface area (Å²) in [4.78, 5) is 26.5. The smallest absolute Gasteiger partial charge is 0.240 e. The van der Waals surface area contributed by atoms with Gasteiger partial charge in [-0.05, 0) is 87.3 Å². The lowest BCUT2D eigenvalue weighted by Crippen LogP contribution is -2.34. The summed E-state index contributed by atoms with van der Waals surface area (Å²) < 4.78 is 28.6. The van der Waals surface area contributed by atoms with E-state index in [1.807, 2.05) is 38.1 Å². The summed E-state index contributed by atoms with van der Waals surface area (Å²) in [6.45, 7) is 5.82. The molecule has 0 saturated heterocycles. The Morgan fingerprint density at radius 1 is 1.06 bits per heavy atom. The molecule has 0 spiro atoms. The van der Waals surface area contributed by atoms with E-state index >= 15 is 0 Å². The van der Waals surface area contributed by atoms with Crippen LogP contribution in [0, 0.1) is 18.8 Å². The highest BCUT2D eigenvalue weighted by Crippen LogP contribution is 2.34. The van der Waals surface area contributed by atoms with Gasteiger partial charge in [-0.1, -0.05) is 18.2 Å². The van der Waals surface area contributed by atoms with Crippen molar-refractivity contribution in [1.82, 2.24) is 4.72 Å². The van der Waals surface area contributed by atoms with Crippen molar-refractivity contribution >= 4 is 33.2 Å². The van der Waals surface area contributed by atoms with Gasteiger partial charge in [-0.3, -0.25) is 9.59 Å². The van der Waals surface area contributed by atoms with E-state index in [1.165, 1.54) is 6.92 Å². The Morgan fingerprint density at radius 2 is 1.76 bits per heavy atom. The van der Waals surface area contributed by atoms with Crippen LogP contribution in [-0.4, -0.2) is 32.8 Å². The van der Waals surface area contributed by atoms with Crippen LogP contribution in [0.2, 0.25) is 0 Å². The molecule has 1 aliphatic heterocycles. The molecule has 0 aromatic heterocycles. The first kappa shape index (κ1) is 24.4. The van der Waals surface area contributed by atoms with E-state index in [9.17, 15) is 18.0 Å². The molecule has 1 atom stereocenters. The number of para-hydroxylation sites is 1. The van der Waals surface area contributed by atoms with Crippen molar-refractivity contribution in [3.63, 3.8) is 0 Å². The maximum Gasteiger partial charge on any atom is 0.240 e. The first-order chi connectivity index (χ1) is 16.2. The van der Waals surface area contributed by atoms with E-state index in [-0.39, 0.29) is 34.6 Å². The second-order valence-corrected chi connectivity index (χ2v) is 11.4. The molecule has 1 saturated carbocycles. The summed E-state index contributed by atoms with van der Waals surface area (Å²) in [6, 6.07) is 12.7. The minimum atomic E-state index is -3.64. The third-order valence-electron chi connectivity index (χ3n) is 7.10. The highest BCUT2D eigenvalue weighted by molar-refractivity contribution is 7.89. The van der Waals surface area contributed by atoms with Crippen molar-refractivity contribution < 1.29 is 18.0 Å². The number of sulfonamides is 1. The molecule has 0 bridgehead atoms. The third-order valence-corrected chi connectivity index (χ3v) is 8.52. The molecule has 4 rings (SSSR count). The highest BCUT2D eigenvalue weighted by atomic mass is 32.2. The molecule has 1 heterocycles. The zero-order chi connectivity index (χ0) is 24.5. The van der Waals surface area contributed by atoms with Crippen LogP contribution in [0.25, 0.3) is 0 Å². The van der Waals surface area contributed by atoms with Gasteiger partial charge in [0.25, 0.3) is 0 Å². The molecular formula is C26H33N3O4S. The number of benzene rings is 2. The minimum Gasteiger partial charge on any atom is -0.326 e. The molecule has 0 radical (unpaired) electrons. The summed E-state index contributed by atoms with van der Waals surface area (Å²) in [6.07, 6.45) is 3.77. The zero-order valence-electron chi connectivity index (χ0n) is 20.0. The lowest BCUT2D eigenvalue weighted by Gasteiger charge is -2.28. The molecule has 182 valence electrons. The second kappa shape index (κ2) is 9.88. The second-order valence-electron chi connectivity index (χ2n) is 9.61. The fraction of sp³-hybridized carbons (Fsp3) is 0.462. The van der Waals surface area contributed by atoms with Gasteiger partial charge < -0.3 is 10.2 Å². The van der Waals surface area contributed by atoms with Crippen molar-refractivity contribution in [2.45, 2.75) is 63.8 Å². The van der Waals surface area contributed by atoms with Gasteiger partial charge in [0.05, 0.1) is 4.90 Å². The average Bonchev–Trinajstić information content (AvgIpc) is 3.14. The Hall–Kier alpha value is -2.71. The normalized spacial score (nSPS) is 22.3. The molecule has 1 unspecified atom stereocenters. The largest absolute Gasteiger partial charge is 0.326 e. The molecular weight excluding hydrogens is 450 g/mol. The van der Waals surface area contributed by atoms with Crippen LogP contribution in [0.1, 0.15) is 50.7 Å². The van der Waals surface area contributed by atoms with Crippen molar-refractivity contribution in [2.24, 2.45) is 11.8 Å². The topological polar surface area (TPSA) is 95.6 Å². The molecule has 34 heavy (non-hydrogen) atoms. The standard InChI is InChI=1S/C26H33N3O4S/c1-17-6-4-5-7-24(17)28-26(31)21-10-8-20(9-11-21)16-27-34(32,33)23-12-13-25-22(15-23)14-18(2)29(25)19(3)30/h4-7,12-13,15,18,20-21,27H,8-11,14,16H2,1-3H3,(H,28,31). The fourth-order valence-electron chi connectivity index (χ4n) is 5.14. The first-order valence-electron chi connectivity index (χ1n) is 11.9. The number of amides is 2. The molecule has 8 heteroatoms. The van der Waals surface area contributed by atoms with Crippen molar-refractivity contribution in [3.05, 3.63) is 53.6 Å². The van der Waals surface area contributed by atoms with Crippen LogP contribution < -0.4 is 14.9 Å². The van der Waals surface area contributed by atoms with Crippen molar-refractivity contribution in [1.29, 1.82) is 0 Å².